The maximum atomic E-state index is 12.2. The molecule has 25 heavy (non-hydrogen) atoms. The molecule has 3 amide bonds. The van der Waals surface area contributed by atoms with E-state index in [0.29, 0.717) is 21.4 Å². The van der Waals surface area contributed by atoms with Crippen molar-refractivity contribution in [3.8, 4) is 0 Å². The number of carbonyl (C=O) groups excluding carboxylic acids is 2. The summed E-state index contributed by atoms with van der Waals surface area (Å²) in [5.41, 5.74) is 1.14. The zero-order chi connectivity index (χ0) is 18.1. The van der Waals surface area contributed by atoms with Gasteiger partial charge in [-0.15, -0.1) is 0 Å². The van der Waals surface area contributed by atoms with Crippen LogP contribution in [0.3, 0.4) is 0 Å². The van der Waals surface area contributed by atoms with E-state index in [2.05, 4.69) is 5.32 Å². The van der Waals surface area contributed by atoms with Crippen LogP contribution in [0.5, 0.6) is 0 Å². The minimum atomic E-state index is -1.30. The number of hydrogen-bond acceptors (Lipinski definition) is 4. The highest BCUT2D eigenvalue weighted by Crippen LogP contribution is 2.24. The molecule has 1 aromatic carbocycles. The largest absolute Gasteiger partial charge is 0.480 e. The second kappa shape index (κ2) is 6.11. The number of amides is 3. The highest BCUT2D eigenvalue weighted by Gasteiger charge is 2.35. The van der Waals surface area contributed by atoms with Crippen molar-refractivity contribution < 1.29 is 29.4 Å². The van der Waals surface area contributed by atoms with Gasteiger partial charge < -0.3 is 20.1 Å². The SMILES string of the molecule is O=C(O)CN1C(=O)N/C(=C/c2cn(CC(=O)O)c3ccccc23)C1=O. The summed E-state index contributed by atoms with van der Waals surface area (Å²) in [6.45, 7) is -0.988. The second-order valence-electron chi connectivity index (χ2n) is 5.40. The molecule has 0 spiro atoms. The Morgan fingerprint density at radius 2 is 1.76 bits per heavy atom. The zero-order valence-electron chi connectivity index (χ0n) is 12.8. The van der Waals surface area contributed by atoms with Gasteiger partial charge in [0.15, 0.2) is 0 Å². The van der Waals surface area contributed by atoms with Crippen LogP contribution in [-0.2, 0) is 20.9 Å². The molecule has 0 unspecified atom stereocenters. The summed E-state index contributed by atoms with van der Waals surface area (Å²) < 4.78 is 1.51. The topological polar surface area (TPSA) is 129 Å². The van der Waals surface area contributed by atoms with Crippen LogP contribution in [0.25, 0.3) is 17.0 Å². The fourth-order valence-electron chi connectivity index (χ4n) is 2.67. The number of carboxylic acid groups (broad SMARTS) is 2. The quantitative estimate of drug-likeness (QED) is 0.541. The molecule has 0 saturated carbocycles. The number of nitrogens with zero attached hydrogens (tertiary/aromatic N) is 2. The number of rotatable bonds is 5. The maximum Gasteiger partial charge on any atom is 0.329 e. The van der Waals surface area contributed by atoms with Gasteiger partial charge in [0.05, 0.1) is 0 Å². The molecule has 1 aromatic heterocycles. The van der Waals surface area contributed by atoms with Crippen molar-refractivity contribution in [1.82, 2.24) is 14.8 Å². The molecular weight excluding hydrogens is 330 g/mol. The van der Waals surface area contributed by atoms with E-state index in [1.165, 1.54) is 10.6 Å². The van der Waals surface area contributed by atoms with Gasteiger partial charge in [-0.25, -0.2) is 9.69 Å². The Morgan fingerprint density at radius 3 is 2.44 bits per heavy atom. The number of para-hydroxylation sites is 1. The van der Waals surface area contributed by atoms with E-state index in [9.17, 15) is 19.2 Å². The van der Waals surface area contributed by atoms with Gasteiger partial charge in [0.2, 0.25) is 0 Å². The Bertz CT molecular complexity index is 942. The van der Waals surface area contributed by atoms with Gasteiger partial charge in [-0.05, 0) is 12.1 Å². The summed E-state index contributed by atoms with van der Waals surface area (Å²) >= 11 is 0. The summed E-state index contributed by atoms with van der Waals surface area (Å²) in [7, 11) is 0. The van der Waals surface area contributed by atoms with Crippen molar-refractivity contribution >= 4 is 40.9 Å². The first-order valence-corrected chi connectivity index (χ1v) is 7.23. The minimum absolute atomic E-state index is 0.0653. The molecule has 1 saturated heterocycles. The zero-order valence-corrected chi connectivity index (χ0v) is 12.8. The highest BCUT2D eigenvalue weighted by molar-refractivity contribution is 6.15. The number of carboxylic acids is 2. The summed E-state index contributed by atoms with van der Waals surface area (Å²) in [4.78, 5) is 46.3. The molecule has 3 rings (SSSR count). The number of benzene rings is 1. The van der Waals surface area contributed by atoms with Crippen molar-refractivity contribution in [3.05, 3.63) is 41.7 Å². The van der Waals surface area contributed by atoms with Gasteiger partial charge in [-0.1, -0.05) is 18.2 Å². The third kappa shape index (κ3) is 3.07. The van der Waals surface area contributed by atoms with Crippen molar-refractivity contribution in [2.24, 2.45) is 0 Å². The Balaban J connectivity index is 2.01. The standard InChI is InChI=1S/C16H13N3O6/c20-13(21)7-18-6-9(10-3-1-2-4-12(10)18)5-11-15(24)19(8-14(22)23)16(25)17-11/h1-6H,7-8H2,(H,17,25)(H,20,21)(H,22,23)/b11-5+. The van der Waals surface area contributed by atoms with E-state index in [4.69, 9.17) is 10.2 Å². The summed E-state index contributed by atoms with van der Waals surface area (Å²) in [6, 6.07) is 6.21. The predicted molar refractivity (Wildman–Crippen MR) is 85.4 cm³/mol. The molecule has 9 nitrogen and oxygen atoms in total. The first-order chi connectivity index (χ1) is 11.9. The number of aromatic nitrogens is 1. The lowest BCUT2D eigenvalue weighted by atomic mass is 10.1. The van der Waals surface area contributed by atoms with Crippen LogP contribution in [0.2, 0.25) is 0 Å². The molecule has 128 valence electrons. The Kier molecular flexibility index (Phi) is 3.97. The summed E-state index contributed by atoms with van der Waals surface area (Å²) in [6.07, 6.45) is 2.97. The van der Waals surface area contributed by atoms with E-state index >= 15 is 0 Å². The third-order valence-electron chi connectivity index (χ3n) is 3.68. The van der Waals surface area contributed by atoms with Crippen LogP contribution in [0.15, 0.2) is 36.2 Å². The predicted octanol–water partition coefficient (Wildman–Crippen LogP) is 0.703. The van der Waals surface area contributed by atoms with E-state index < -0.39 is 30.4 Å². The summed E-state index contributed by atoms with van der Waals surface area (Å²) in [5, 5.41) is 20.8. The average molecular weight is 343 g/mol. The number of urea groups is 1. The summed E-state index contributed by atoms with van der Waals surface area (Å²) in [5.74, 6) is -3.07. The molecule has 0 radical (unpaired) electrons. The van der Waals surface area contributed by atoms with Gasteiger partial charge in [0.1, 0.15) is 18.8 Å². The van der Waals surface area contributed by atoms with Crippen LogP contribution >= 0.6 is 0 Å². The Morgan fingerprint density at radius 1 is 1.08 bits per heavy atom. The molecule has 9 heteroatoms. The first-order valence-electron chi connectivity index (χ1n) is 7.23. The molecule has 0 atom stereocenters. The number of imide groups is 1. The van der Waals surface area contributed by atoms with Crippen LogP contribution in [0, 0.1) is 0 Å². The van der Waals surface area contributed by atoms with Gasteiger partial charge >= 0.3 is 18.0 Å². The lowest BCUT2D eigenvalue weighted by Crippen LogP contribution is -2.35. The Labute approximate surface area is 140 Å². The molecule has 2 heterocycles. The number of nitrogens with one attached hydrogen (secondary N) is 1. The van der Waals surface area contributed by atoms with Gasteiger partial charge in [0.25, 0.3) is 5.91 Å². The maximum absolute atomic E-state index is 12.2. The van der Waals surface area contributed by atoms with Crippen molar-refractivity contribution in [2.75, 3.05) is 6.54 Å². The van der Waals surface area contributed by atoms with Crippen molar-refractivity contribution in [3.63, 3.8) is 0 Å². The molecule has 1 aliphatic heterocycles. The number of hydrogen-bond donors (Lipinski definition) is 3. The lowest BCUT2D eigenvalue weighted by molar-refractivity contribution is -0.140. The molecule has 1 aliphatic rings. The first kappa shape index (κ1) is 16.2. The number of fused-ring (bicyclic) bond motifs is 1. The minimum Gasteiger partial charge on any atom is -0.480 e. The Hall–Kier alpha value is -3.62. The molecular formula is C16H13N3O6. The van der Waals surface area contributed by atoms with Gasteiger partial charge in [-0.2, -0.15) is 0 Å². The van der Waals surface area contributed by atoms with Crippen LogP contribution < -0.4 is 5.32 Å². The fourth-order valence-corrected chi connectivity index (χ4v) is 2.67. The van der Waals surface area contributed by atoms with Crippen molar-refractivity contribution in [2.45, 2.75) is 6.54 Å². The molecule has 0 bridgehead atoms. The molecule has 3 N–H and O–H groups in total. The average Bonchev–Trinajstić information content (AvgIpc) is 3.00. The van der Waals surface area contributed by atoms with Crippen LogP contribution in [-0.4, -0.2) is 50.1 Å². The smallest absolute Gasteiger partial charge is 0.329 e. The second-order valence-corrected chi connectivity index (χ2v) is 5.40. The van der Waals surface area contributed by atoms with Crippen LogP contribution in [0.1, 0.15) is 5.56 Å². The van der Waals surface area contributed by atoms with E-state index in [1.54, 1.807) is 30.5 Å². The number of carbonyl (C=O) groups is 4. The fraction of sp³-hybridized carbons (Fsp3) is 0.125. The van der Waals surface area contributed by atoms with Gasteiger partial charge in [0, 0.05) is 22.7 Å². The van der Waals surface area contributed by atoms with Crippen molar-refractivity contribution in [1.29, 1.82) is 0 Å². The molecule has 2 aromatic rings. The third-order valence-corrected chi connectivity index (χ3v) is 3.68. The van der Waals surface area contributed by atoms with Gasteiger partial charge in [-0.3, -0.25) is 14.4 Å². The van der Waals surface area contributed by atoms with E-state index in [0.717, 1.165) is 0 Å². The lowest BCUT2D eigenvalue weighted by Gasteiger charge is -2.06. The monoisotopic (exact) mass is 343 g/mol. The van der Waals surface area contributed by atoms with Crippen LogP contribution in [0.4, 0.5) is 4.79 Å². The van der Waals surface area contributed by atoms with E-state index in [-0.39, 0.29) is 12.2 Å². The molecule has 1 fully saturated rings. The highest BCUT2D eigenvalue weighted by atomic mass is 16.4. The number of aliphatic carboxylic acids is 2. The van der Waals surface area contributed by atoms with E-state index in [1.807, 2.05) is 0 Å². The molecule has 0 aliphatic carbocycles. The normalized spacial score (nSPS) is 15.8.